The summed E-state index contributed by atoms with van der Waals surface area (Å²) in [6, 6.07) is 7.79. The van der Waals surface area contributed by atoms with Crippen molar-refractivity contribution in [1.82, 2.24) is 10.2 Å². The Balaban J connectivity index is 1.78. The van der Waals surface area contributed by atoms with Crippen LogP contribution in [0.15, 0.2) is 47.4 Å². The zero-order chi connectivity index (χ0) is 19.4. The van der Waals surface area contributed by atoms with Crippen LogP contribution >= 0.6 is 0 Å². The van der Waals surface area contributed by atoms with E-state index in [1.165, 1.54) is 18.2 Å². The highest BCUT2D eigenvalue weighted by atomic mass is 32.2. The fourth-order valence-electron chi connectivity index (χ4n) is 3.58. The summed E-state index contributed by atoms with van der Waals surface area (Å²) in [4.78, 5) is 26.3. The number of nitrogens with one attached hydrogen (secondary N) is 1. The normalized spacial score (nSPS) is 23.4. The quantitative estimate of drug-likeness (QED) is 0.627. The zero-order valence-corrected chi connectivity index (χ0v) is 14.7. The highest BCUT2D eigenvalue weighted by molar-refractivity contribution is 7.91. The lowest BCUT2D eigenvalue weighted by atomic mass is 9.86. The molecule has 140 valence electrons. The first-order valence-electron chi connectivity index (χ1n) is 8.14. The van der Waals surface area contributed by atoms with Gasteiger partial charge in [-0.3, -0.25) is 9.69 Å². The number of rotatable bonds is 2. The molecule has 1 spiro atoms. The van der Waals surface area contributed by atoms with E-state index in [9.17, 15) is 26.8 Å². The summed E-state index contributed by atoms with van der Waals surface area (Å²) >= 11 is 0. The van der Waals surface area contributed by atoms with Crippen LogP contribution in [-0.2, 0) is 26.7 Å². The van der Waals surface area contributed by atoms with E-state index in [-0.39, 0.29) is 29.2 Å². The molecule has 1 atom stereocenters. The molecular weight excluding hydrogens is 378 g/mol. The van der Waals surface area contributed by atoms with Gasteiger partial charge in [-0.25, -0.2) is 22.0 Å². The molecular formula is C18H14F2N2O4S. The number of hydrogen-bond acceptors (Lipinski definition) is 4. The van der Waals surface area contributed by atoms with Crippen LogP contribution in [0.4, 0.5) is 13.6 Å². The summed E-state index contributed by atoms with van der Waals surface area (Å²) in [6.45, 7) is -0.179. The second-order valence-corrected chi connectivity index (χ2v) is 8.64. The van der Waals surface area contributed by atoms with Crippen LogP contribution in [0.25, 0.3) is 0 Å². The lowest BCUT2D eigenvalue weighted by Gasteiger charge is -2.33. The van der Waals surface area contributed by atoms with Crippen LogP contribution in [0.2, 0.25) is 0 Å². The first-order valence-corrected chi connectivity index (χ1v) is 9.79. The van der Waals surface area contributed by atoms with Crippen LogP contribution in [-0.4, -0.2) is 31.0 Å². The van der Waals surface area contributed by atoms with E-state index in [2.05, 4.69) is 5.32 Å². The lowest BCUT2D eigenvalue weighted by Crippen LogP contribution is -2.48. The van der Waals surface area contributed by atoms with E-state index in [4.69, 9.17) is 0 Å². The molecule has 2 aliphatic rings. The third-order valence-corrected chi connectivity index (χ3v) is 6.66. The summed E-state index contributed by atoms with van der Waals surface area (Å²) in [5.41, 5.74) is -1.32. The molecule has 0 saturated carbocycles. The van der Waals surface area contributed by atoms with Crippen LogP contribution in [0, 0.1) is 11.6 Å². The molecule has 1 fully saturated rings. The zero-order valence-electron chi connectivity index (χ0n) is 13.9. The Kier molecular flexibility index (Phi) is 3.81. The van der Waals surface area contributed by atoms with Gasteiger partial charge < -0.3 is 5.32 Å². The second kappa shape index (κ2) is 5.85. The number of hydrogen-bond donors (Lipinski definition) is 1. The Morgan fingerprint density at radius 3 is 2.56 bits per heavy atom. The Morgan fingerprint density at radius 2 is 1.81 bits per heavy atom. The number of carbonyl (C=O) groups excluding carboxylic acids is 2. The van der Waals surface area contributed by atoms with Gasteiger partial charge in [0.15, 0.2) is 9.84 Å². The summed E-state index contributed by atoms with van der Waals surface area (Å²) in [5.74, 6) is -2.26. The van der Waals surface area contributed by atoms with Crippen molar-refractivity contribution in [2.24, 2.45) is 0 Å². The number of benzene rings is 2. The molecule has 4 rings (SSSR count). The molecule has 0 bridgehead atoms. The minimum atomic E-state index is -3.68. The highest BCUT2D eigenvalue weighted by Crippen LogP contribution is 2.41. The molecule has 0 aliphatic carbocycles. The van der Waals surface area contributed by atoms with Crippen LogP contribution < -0.4 is 5.32 Å². The largest absolute Gasteiger partial charge is 0.325 e. The Hall–Kier alpha value is -2.81. The van der Waals surface area contributed by atoms with Gasteiger partial charge in [-0.15, -0.1) is 0 Å². The molecule has 2 aliphatic heterocycles. The maximum atomic E-state index is 13.8. The van der Waals surface area contributed by atoms with E-state index >= 15 is 0 Å². The molecule has 6 nitrogen and oxygen atoms in total. The minimum absolute atomic E-state index is 0.0751. The first kappa shape index (κ1) is 17.6. The molecule has 2 aromatic carbocycles. The average molecular weight is 392 g/mol. The molecule has 0 radical (unpaired) electrons. The molecule has 1 saturated heterocycles. The van der Waals surface area contributed by atoms with Crippen LogP contribution in [0.1, 0.15) is 17.5 Å². The van der Waals surface area contributed by atoms with Gasteiger partial charge in [-0.05, 0) is 42.3 Å². The summed E-state index contributed by atoms with van der Waals surface area (Å²) in [7, 11) is -3.68. The number of nitrogens with zero attached hydrogens (tertiary/aromatic N) is 1. The SMILES string of the molecule is O=C1NC2(CCS(=O)(=O)c3ccc(F)cc32)C(=O)N1Cc1cccc(F)c1. The topological polar surface area (TPSA) is 83.5 Å². The molecule has 2 aromatic rings. The van der Waals surface area contributed by atoms with E-state index in [0.717, 1.165) is 23.1 Å². The number of carbonyl (C=O) groups is 2. The molecule has 27 heavy (non-hydrogen) atoms. The van der Waals surface area contributed by atoms with Crippen LogP contribution in [0.3, 0.4) is 0 Å². The molecule has 1 N–H and O–H groups in total. The van der Waals surface area contributed by atoms with Crippen molar-refractivity contribution in [3.05, 3.63) is 65.2 Å². The number of sulfone groups is 1. The van der Waals surface area contributed by atoms with Gasteiger partial charge in [0.2, 0.25) is 0 Å². The summed E-state index contributed by atoms with van der Waals surface area (Å²) in [6.07, 6.45) is -0.198. The number of fused-ring (bicyclic) bond motifs is 2. The van der Waals surface area contributed by atoms with Gasteiger partial charge in [0.1, 0.15) is 17.2 Å². The molecule has 1 unspecified atom stereocenters. The van der Waals surface area contributed by atoms with E-state index in [1.807, 2.05) is 0 Å². The summed E-state index contributed by atoms with van der Waals surface area (Å²) < 4.78 is 51.9. The van der Waals surface area contributed by atoms with Gasteiger partial charge in [0.05, 0.1) is 17.2 Å². The van der Waals surface area contributed by atoms with Crippen molar-refractivity contribution < 1.29 is 26.8 Å². The van der Waals surface area contributed by atoms with Gasteiger partial charge in [-0.1, -0.05) is 12.1 Å². The average Bonchev–Trinajstić information content (AvgIpc) is 2.84. The monoisotopic (exact) mass is 392 g/mol. The Morgan fingerprint density at radius 1 is 1.07 bits per heavy atom. The highest BCUT2D eigenvalue weighted by Gasteiger charge is 2.56. The van der Waals surface area contributed by atoms with E-state index < -0.39 is 38.9 Å². The van der Waals surface area contributed by atoms with Crippen molar-refractivity contribution in [2.75, 3.05) is 5.75 Å². The van der Waals surface area contributed by atoms with Gasteiger partial charge in [0, 0.05) is 5.56 Å². The number of urea groups is 1. The maximum absolute atomic E-state index is 13.8. The minimum Gasteiger partial charge on any atom is -0.319 e. The summed E-state index contributed by atoms with van der Waals surface area (Å²) in [5, 5.41) is 2.54. The molecule has 3 amide bonds. The van der Waals surface area contributed by atoms with E-state index in [0.29, 0.717) is 5.56 Å². The predicted octanol–water partition coefficient (Wildman–Crippen LogP) is 2.09. The molecule has 0 aromatic heterocycles. The maximum Gasteiger partial charge on any atom is 0.325 e. The van der Waals surface area contributed by atoms with Crippen LogP contribution in [0.5, 0.6) is 0 Å². The van der Waals surface area contributed by atoms with Crippen molar-refractivity contribution in [2.45, 2.75) is 23.4 Å². The molecule has 9 heteroatoms. The number of halogens is 2. The molecule has 2 heterocycles. The number of amides is 3. The van der Waals surface area contributed by atoms with Gasteiger partial charge in [-0.2, -0.15) is 0 Å². The standard InChI is InChI=1S/C18H14F2N2O4S/c19-12-3-1-2-11(8-12)10-22-16(23)18(21-17(22)24)6-7-27(25,26)15-5-4-13(20)9-14(15)18/h1-5,8-9H,6-7,10H2,(H,21,24). The van der Waals surface area contributed by atoms with Crippen molar-refractivity contribution in [1.29, 1.82) is 0 Å². The third kappa shape index (κ3) is 2.69. The fourth-order valence-corrected chi connectivity index (χ4v) is 5.22. The Labute approximate surface area is 153 Å². The number of imide groups is 1. The van der Waals surface area contributed by atoms with Gasteiger partial charge >= 0.3 is 6.03 Å². The van der Waals surface area contributed by atoms with Crippen molar-refractivity contribution >= 4 is 21.8 Å². The smallest absolute Gasteiger partial charge is 0.319 e. The third-order valence-electron chi connectivity index (χ3n) is 4.89. The van der Waals surface area contributed by atoms with Crippen molar-refractivity contribution in [3.8, 4) is 0 Å². The second-order valence-electron chi connectivity index (χ2n) is 6.57. The Bertz CT molecular complexity index is 1090. The predicted molar refractivity (Wildman–Crippen MR) is 90.2 cm³/mol. The lowest BCUT2D eigenvalue weighted by molar-refractivity contribution is -0.132. The fraction of sp³-hybridized carbons (Fsp3) is 0.222. The van der Waals surface area contributed by atoms with Gasteiger partial charge in [0.25, 0.3) is 5.91 Å². The van der Waals surface area contributed by atoms with Crippen molar-refractivity contribution in [3.63, 3.8) is 0 Å². The first-order chi connectivity index (χ1) is 12.7. The van der Waals surface area contributed by atoms with E-state index in [1.54, 1.807) is 6.07 Å².